The summed E-state index contributed by atoms with van der Waals surface area (Å²) in [4.78, 5) is 15.4. The van der Waals surface area contributed by atoms with Crippen molar-refractivity contribution in [1.82, 2.24) is 4.98 Å². The van der Waals surface area contributed by atoms with Crippen molar-refractivity contribution in [3.8, 4) is 0 Å². The lowest BCUT2D eigenvalue weighted by Crippen LogP contribution is -2.08. The largest absolute Gasteiger partial charge is 0.469 e. The first-order chi connectivity index (χ1) is 8.31. The molecule has 2 rings (SSSR count). The highest BCUT2D eigenvalue weighted by Crippen LogP contribution is 2.12. The average molecular weight is 235 g/mol. The van der Waals surface area contributed by atoms with Crippen molar-refractivity contribution in [2.75, 3.05) is 6.61 Å². The van der Waals surface area contributed by atoms with E-state index in [0.717, 1.165) is 5.76 Å². The van der Waals surface area contributed by atoms with Crippen LogP contribution in [0, 0.1) is 0 Å². The van der Waals surface area contributed by atoms with Crippen LogP contribution in [-0.4, -0.2) is 17.6 Å². The summed E-state index contributed by atoms with van der Waals surface area (Å²) in [5.41, 5.74) is 0.249. The molecule has 0 saturated carbocycles. The number of aromatic nitrogens is 1. The Morgan fingerprint density at radius 3 is 3.00 bits per heavy atom. The zero-order valence-corrected chi connectivity index (χ0v) is 9.51. The first-order valence-electron chi connectivity index (χ1n) is 5.43. The molecule has 0 unspecified atom stereocenters. The molecular weight excluding hydrogens is 222 g/mol. The van der Waals surface area contributed by atoms with Crippen LogP contribution in [-0.2, 0) is 17.6 Å². The van der Waals surface area contributed by atoms with Crippen molar-refractivity contribution in [1.29, 1.82) is 0 Å². The zero-order chi connectivity index (χ0) is 12.1. The second-order valence-electron chi connectivity index (χ2n) is 3.42. The second kappa shape index (κ2) is 5.34. The van der Waals surface area contributed by atoms with E-state index in [-0.39, 0.29) is 5.69 Å². The molecule has 17 heavy (non-hydrogen) atoms. The van der Waals surface area contributed by atoms with E-state index in [1.807, 2.05) is 12.1 Å². The van der Waals surface area contributed by atoms with Crippen molar-refractivity contribution in [3.63, 3.8) is 0 Å². The van der Waals surface area contributed by atoms with Gasteiger partial charge in [-0.1, -0.05) is 0 Å². The number of hydrogen-bond donors (Lipinski definition) is 0. The molecule has 0 aromatic carbocycles. The summed E-state index contributed by atoms with van der Waals surface area (Å²) in [6.45, 7) is 2.07. The van der Waals surface area contributed by atoms with Crippen LogP contribution in [0.4, 0.5) is 0 Å². The maximum atomic E-state index is 11.5. The van der Waals surface area contributed by atoms with Gasteiger partial charge in [0.05, 0.1) is 12.9 Å². The molecule has 0 atom stereocenters. The molecule has 0 spiro atoms. The Labute approximate surface area is 98.4 Å². The van der Waals surface area contributed by atoms with E-state index in [4.69, 9.17) is 13.6 Å². The van der Waals surface area contributed by atoms with Crippen LogP contribution in [0.5, 0.6) is 0 Å². The van der Waals surface area contributed by atoms with Crippen LogP contribution in [0.25, 0.3) is 0 Å². The minimum Gasteiger partial charge on any atom is -0.469 e. The molecule has 2 aromatic heterocycles. The highest BCUT2D eigenvalue weighted by Gasteiger charge is 2.17. The molecule has 0 radical (unpaired) electrons. The summed E-state index contributed by atoms with van der Waals surface area (Å²) in [5.74, 6) is 0.923. The fourth-order valence-corrected chi connectivity index (χ4v) is 1.51. The minimum atomic E-state index is -0.448. The van der Waals surface area contributed by atoms with Crippen LogP contribution in [0.2, 0.25) is 0 Å². The quantitative estimate of drug-likeness (QED) is 0.743. The predicted molar refractivity (Wildman–Crippen MR) is 58.6 cm³/mol. The second-order valence-corrected chi connectivity index (χ2v) is 3.42. The van der Waals surface area contributed by atoms with Crippen LogP contribution < -0.4 is 0 Å². The standard InChI is InChI=1S/C12H13NO4/c1-2-15-12(14)11-10(17-8-13-11)6-5-9-4-3-7-16-9/h3-4,7-8H,2,5-6H2,1H3. The van der Waals surface area contributed by atoms with Gasteiger partial charge in [-0.05, 0) is 19.1 Å². The van der Waals surface area contributed by atoms with Gasteiger partial charge in [-0.25, -0.2) is 9.78 Å². The summed E-state index contributed by atoms with van der Waals surface area (Å²) in [6.07, 6.45) is 4.09. The van der Waals surface area contributed by atoms with E-state index in [1.54, 1.807) is 13.2 Å². The lowest BCUT2D eigenvalue weighted by atomic mass is 10.2. The third kappa shape index (κ3) is 2.75. The lowest BCUT2D eigenvalue weighted by molar-refractivity contribution is 0.0517. The van der Waals surface area contributed by atoms with Gasteiger partial charge in [0.25, 0.3) is 0 Å². The van der Waals surface area contributed by atoms with Crippen molar-refractivity contribution < 1.29 is 18.4 Å². The number of oxazole rings is 1. The molecular formula is C12H13NO4. The van der Waals surface area contributed by atoms with Crippen molar-refractivity contribution in [3.05, 3.63) is 42.0 Å². The molecule has 0 fully saturated rings. The molecule has 2 aromatic rings. The number of rotatable bonds is 5. The molecule has 0 aliphatic heterocycles. The normalized spacial score (nSPS) is 10.4. The fourth-order valence-electron chi connectivity index (χ4n) is 1.51. The summed E-state index contributed by atoms with van der Waals surface area (Å²) in [7, 11) is 0. The van der Waals surface area contributed by atoms with E-state index in [9.17, 15) is 4.79 Å². The number of hydrogen-bond acceptors (Lipinski definition) is 5. The average Bonchev–Trinajstić information content (AvgIpc) is 2.98. The fraction of sp³-hybridized carbons (Fsp3) is 0.333. The van der Waals surface area contributed by atoms with Gasteiger partial charge in [-0.2, -0.15) is 0 Å². The molecule has 0 N–H and O–H groups in total. The molecule has 0 aliphatic carbocycles. The van der Waals surface area contributed by atoms with Gasteiger partial charge in [-0.3, -0.25) is 0 Å². The molecule has 5 nitrogen and oxygen atoms in total. The molecule has 0 aliphatic rings. The number of aryl methyl sites for hydroxylation is 2. The smallest absolute Gasteiger partial charge is 0.360 e. The first kappa shape index (κ1) is 11.4. The number of carbonyl (C=O) groups is 1. The molecule has 90 valence electrons. The van der Waals surface area contributed by atoms with Crippen LogP contribution in [0.1, 0.15) is 28.9 Å². The monoisotopic (exact) mass is 235 g/mol. The third-order valence-electron chi connectivity index (χ3n) is 2.29. The van der Waals surface area contributed by atoms with E-state index < -0.39 is 5.97 Å². The first-order valence-corrected chi connectivity index (χ1v) is 5.43. The molecule has 0 amide bonds. The van der Waals surface area contributed by atoms with Crippen molar-refractivity contribution in [2.45, 2.75) is 19.8 Å². The highest BCUT2D eigenvalue weighted by atomic mass is 16.5. The van der Waals surface area contributed by atoms with Gasteiger partial charge in [0.2, 0.25) is 0 Å². The predicted octanol–water partition coefficient (Wildman–Crippen LogP) is 2.23. The summed E-state index contributed by atoms with van der Waals surface area (Å²) < 4.78 is 15.3. The van der Waals surface area contributed by atoms with Gasteiger partial charge < -0.3 is 13.6 Å². The van der Waals surface area contributed by atoms with Gasteiger partial charge in [0, 0.05) is 12.8 Å². The van der Waals surface area contributed by atoms with Gasteiger partial charge in [-0.15, -0.1) is 0 Å². The summed E-state index contributed by atoms with van der Waals surface area (Å²) >= 11 is 0. The maximum absolute atomic E-state index is 11.5. The van der Waals surface area contributed by atoms with Crippen LogP contribution >= 0.6 is 0 Å². The highest BCUT2D eigenvalue weighted by molar-refractivity contribution is 5.88. The molecule has 0 saturated heterocycles. The van der Waals surface area contributed by atoms with Crippen LogP contribution in [0.15, 0.2) is 33.6 Å². The molecule has 2 heterocycles. The van der Waals surface area contributed by atoms with Crippen LogP contribution in [0.3, 0.4) is 0 Å². The Kier molecular flexibility index (Phi) is 3.59. The number of esters is 1. The SMILES string of the molecule is CCOC(=O)c1ncoc1CCc1ccco1. The van der Waals surface area contributed by atoms with E-state index in [0.29, 0.717) is 25.2 Å². The zero-order valence-electron chi connectivity index (χ0n) is 9.51. The summed E-state index contributed by atoms with van der Waals surface area (Å²) in [5, 5.41) is 0. The minimum absolute atomic E-state index is 0.249. The Bertz CT molecular complexity index is 472. The number of ether oxygens (including phenoxy) is 1. The van der Waals surface area contributed by atoms with Crippen molar-refractivity contribution >= 4 is 5.97 Å². The molecule has 5 heteroatoms. The Hall–Kier alpha value is -2.04. The number of carbonyl (C=O) groups excluding carboxylic acids is 1. The summed E-state index contributed by atoms with van der Waals surface area (Å²) in [6, 6.07) is 3.70. The van der Waals surface area contributed by atoms with Gasteiger partial charge in [0.15, 0.2) is 12.1 Å². The lowest BCUT2D eigenvalue weighted by Gasteiger charge is -2.00. The molecule has 0 bridgehead atoms. The van der Waals surface area contributed by atoms with Gasteiger partial charge in [0.1, 0.15) is 11.5 Å². The Balaban J connectivity index is 2.01. The van der Waals surface area contributed by atoms with Crippen molar-refractivity contribution in [2.24, 2.45) is 0 Å². The van der Waals surface area contributed by atoms with Gasteiger partial charge >= 0.3 is 5.97 Å². The number of nitrogens with zero attached hydrogens (tertiary/aromatic N) is 1. The topological polar surface area (TPSA) is 65.5 Å². The Morgan fingerprint density at radius 2 is 2.29 bits per heavy atom. The maximum Gasteiger partial charge on any atom is 0.360 e. The van der Waals surface area contributed by atoms with E-state index in [1.165, 1.54) is 6.39 Å². The third-order valence-corrected chi connectivity index (χ3v) is 2.29. The van der Waals surface area contributed by atoms with E-state index >= 15 is 0 Å². The Morgan fingerprint density at radius 1 is 1.41 bits per heavy atom. The number of furan rings is 1. The van der Waals surface area contributed by atoms with E-state index in [2.05, 4.69) is 4.98 Å².